The summed E-state index contributed by atoms with van der Waals surface area (Å²) in [6, 6.07) is 0. The van der Waals surface area contributed by atoms with Crippen molar-refractivity contribution in [2.75, 3.05) is 39.1 Å². The van der Waals surface area contributed by atoms with Crippen LogP contribution in [0.15, 0.2) is 16.3 Å². The molecule has 3 heterocycles. The molecule has 1 saturated heterocycles. The van der Waals surface area contributed by atoms with Crippen LogP contribution in [0.2, 0.25) is 0 Å². The maximum Gasteiger partial charge on any atom is 0.330 e. The molecule has 18 heteroatoms. The van der Waals surface area contributed by atoms with Gasteiger partial charge in [-0.3, -0.25) is 8.42 Å². The van der Waals surface area contributed by atoms with Gasteiger partial charge in [0, 0.05) is 23.9 Å². The third kappa shape index (κ3) is 9.18. The number of ether oxygens (including phenoxy) is 2. The number of nitrogens with two attached hydrogens (primary N) is 1. The molecule has 0 amide bonds. The first-order chi connectivity index (χ1) is 17.3. The molecule has 210 valence electrons. The van der Waals surface area contributed by atoms with Crippen LogP contribution in [0.4, 0.5) is 5.82 Å². The summed E-state index contributed by atoms with van der Waals surface area (Å²) in [7, 11) is -3.28. The van der Waals surface area contributed by atoms with E-state index in [-0.39, 0.29) is 17.0 Å². The van der Waals surface area contributed by atoms with Crippen LogP contribution in [0.1, 0.15) is 32.9 Å². The van der Waals surface area contributed by atoms with E-state index in [1.54, 1.807) is 6.92 Å². The fourth-order valence-electron chi connectivity index (χ4n) is 3.60. The van der Waals surface area contributed by atoms with Crippen LogP contribution in [0, 0.1) is 0 Å². The summed E-state index contributed by atoms with van der Waals surface area (Å²) in [6.07, 6.45) is -1.41. The number of hydrogen-bond acceptors (Lipinski definition) is 15. The number of aromatic nitrogens is 4. The number of aliphatic hydroxyl groups excluding tert-OH is 2. The van der Waals surface area contributed by atoms with Crippen molar-refractivity contribution in [2.45, 2.75) is 51.2 Å². The first-order valence-electron chi connectivity index (χ1n) is 11.2. The fourth-order valence-corrected chi connectivity index (χ4v) is 3.60. The summed E-state index contributed by atoms with van der Waals surface area (Å²) in [4.78, 5) is 30.1. The first kappa shape index (κ1) is 30.4. The van der Waals surface area contributed by atoms with E-state index in [0.29, 0.717) is 25.7 Å². The molecule has 17 nitrogen and oxygen atoms in total. The summed E-state index contributed by atoms with van der Waals surface area (Å²) in [5.74, 6) is 0.603. The zero-order valence-electron chi connectivity index (χ0n) is 20.5. The minimum absolute atomic E-state index is 0.109. The fraction of sp³-hybridized carbons (Fsp3) is 0.684. The van der Waals surface area contributed by atoms with E-state index in [9.17, 15) is 15.0 Å². The molecule has 1 fully saturated rings. The molecule has 1 aliphatic rings. The number of H-pyrrole nitrogens is 1. The highest BCUT2D eigenvalue weighted by Crippen LogP contribution is 2.31. The summed E-state index contributed by atoms with van der Waals surface area (Å²) < 4.78 is 46.3. The van der Waals surface area contributed by atoms with Crippen LogP contribution >= 0.6 is 0 Å². The Morgan fingerprint density at radius 3 is 2.65 bits per heavy atom. The summed E-state index contributed by atoms with van der Waals surface area (Å²) in [5, 5.41) is 24.9. The van der Waals surface area contributed by atoms with E-state index in [4.69, 9.17) is 37.6 Å². The van der Waals surface area contributed by atoms with Gasteiger partial charge in [0.15, 0.2) is 17.7 Å². The zero-order chi connectivity index (χ0) is 27.8. The Balaban J connectivity index is 0.000000877. The van der Waals surface area contributed by atoms with Crippen molar-refractivity contribution in [3.8, 4) is 0 Å². The smallest absolute Gasteiger partial charge is 0.330 e. The molecule has 2 aromatic rings. The Kier molecular flexibility index (Phi) is 11.2. The van der Waals surface area contributed by atoms with Gasteiger partial charge >= 0.3 is 5.69 Å². The largest absolute Gasteiger partial charge is 0.759 e. The minimum atomic E-state index is -5.17. The highest BCUT2D eigenvalue weighted by Gasteiger charge is 2.45. The van der Waals surface area contributed by atoms with Gasteiger partial charge < -0.3 is 49.2 Å². The number of fused-ring (bicyclic) bond motifs is 1. The van der Waals surface area contributed by atoms with Crippen molar-refractivity contribution in [2.24, 2.45) is 5.16 Å². The van der Waals surface area contributed by atoms with Gasteiger partial charge in [-0.25, -0.2) is 19.3 Å². The van der Waals surface area contributed by atoms with Gasteiger partial charge in [-0.1, -0.05) is 5.16 Å². The maximum atomic E-state index is 12.4. The third-order valence-corrected chi connectivity index (χ3v) is 5.19. The van der Waals surface area contributed by atoms with Crippen LogP contribution in [0.25, 0.3) is 11.2 Å². The highest BCUT2D eigenvalue weighted by atomic mass is 32.3. The predicted molar refractivity (Wildman–Crippen MR) is 126 cm³/mol. The van der Waals surface area contributed by atoms with Crippen molar-refractivity contribution in [1.29, 1.82) is 0 Å². The van der Waals surface area contributed by atoms with Gasteiger partial charge in [-0.05, 0) is 33.4 Å². The number of unbranched alkanes of at least 4 members (excludes halogenated alkanes) is 1. The van der Waals surface area contributed by atoms with Gasteiger partial charge in [-0.15, -0.1) is 0 Å². The molecule has 0 radical (unpaired) electrons. The number of imidazole rings is 1. The molecule has 0 aromatic carbocycles. The van der Waals surface area contributed by atoms with Crippen molar-refractivity contribution in [1.82, 2.24) is 24.4 Å². The third-order valence-electron chi connectivity index (χ3n) is 5.19. The van der Waals surface area contributed by atoms with E-state index in [1.807, 2.05) is 18.9 Å². The molecule has 0 unspecified atom stereocenters. The Hall–Kier alpha value is -2.87. The molecule has 2 aromatic heterocycles. The molecule has 5 N–H and O–H groups in total. The van der Waals surface area contributed by atoms with Gasteiger partial charge in [0.05, 0.1) is 6.61 Å². The van der Waals surface area contributed by atoms with E-state index in [0.717, 1.165) is 24.0 Å². The first-order valence-corrected chi connectivity index (χ1v) is 12.5. The van der Waals surface area contributed by atoms with Crippen LogP contribution in [0.3, 0.4) is 0 Å². The number of aliphatic hydroxyl groups is 2. The van der Waals surface area contributed by atoms with Crippen LogP contribution < -0.4 is 11.4 Å². The number of hydrogen-bond donors (Lipinski definition) is 4. The molecule has 4 atom stereocenters. The number of anilines is 1. The lowest BCUT2D eigenvalue weighted by Gasteiger charge is -2.22. The van der Waals surface area contributed by atoms with E-state index in [2.05, 4.69) is 20.1 Å². The number of nitrogens with one attached hydrogen (secondary N) is 1. The minimum Gasteiger partial charge on any atom is -0.759 e. The molecule has 0 spiro atoms. The van der Waals surface area contributed by atoms with Crippen molar-refractivity contribution in [3.63, 3.8) is 0 Å². The molecule has 0 saturated carbocycles. The van der Waals surface area contributed by atoms with E-state index < -0.39 is 40.6 Å². The summed E-state index contributed by atoms with van der Waals surface area (Å²) in [5.41, 5.74) is 5.68. The average Bonchev–Trinajstić information content (AvgIpc) is 3.26. The SMILES string of the molecule is CCO/C(C)=N\OCCCCN(C)C[C@H]1O[C@@H](n2c(=O)[nH]c3c(N)ncnc32)[C@H](O)[C@@H]1O.O=S(=O)([O-])[O-]. The molecule has 1 aliphatic heterocycles. The Bertz CT molecular complexity index is 1190. The second-order valence-corrected chi connectivity index (χ2v) is 8.87. The second kappa shape index (κ2) is 13.6. The van der Waals surface area contributed by atoms with Crippen LogP contribution in [0.5, 0.6) is 0 Å². The van der Waals surface area contributed by atoms with E-state index >= 15 is 0 Å². The van der Waals surface area contributed by atoms with E-state index in [1.165, 1.54) is 6.33 Å². The Labute approximate surface area is 212 Å². The van der Waals surface area contributed by atoms with Gasteiger partial charge in [0.1, 0.15) is 36.8 Å². The number of likely N-dealkylation sites (N-methyl/N-ethyl adjacent to an activating group) is 1. The van der Waals surface area contributed by atoms with Crippen LogP contribution in [-0.2, 0) is 24.7 Å². The van der Waals surface area contributed by atoms with Crippen LogP contribution in [-0.4, -0.2) is 110 Å². The number of nitrogen functional groups attached to an aromatic ring is 1. The predicted octanol–water partition coefficient (Wildman–Crippen LogP) is -1.92. The van der Waals surface area contributed by atoms with Gasteiger partial charge in [-0.2, -0.15) is 0 Å². The number of oxime groups is 1. The Morgan fingerprint density at radius 2 is 2.00 bits per heavy atom. The zero-order valence-corrected chi connectivity index (χ0v) is 21.3. The topological polar surface area (TPSA) is 254 Å². The van der Waals surface area contributed by atoms with Crippen molar-refractivity contribution >= 4 is 33.3 Å². The summed E-state index contributed by atoms with van der Waals surface area (Å²) in [6.45, 7) is 5.72. The molecular weight excluding hydrogens is 518 g/mol. The molecule has 0 bridgehead atoms. The summed E-state index contributed by atoms with van der Waals surface area (Å²) >= 11 is 0. The molecule has 37 heavy (non-hydrogen) atoms. The molecular formula is C19H31N7O10S-2. The van der Waals surface area contributed by atoms with Gasteiger partial charge in [0.2, 0.25) is 5.90 Å². The number of rotatable bonds is 10. The molecule has 0 aliphatic carbocycles. The number of aromatic amines is 1. The number of nitrogens with zero attached hydrogens (tertiary/aromatic N) is 5. The highest BCUT2D eigenvalue weighted by molar-refractivity contribution is 7.79. The van der Waals surface area contributed by atoms with Gasteiger partial charge in [0.25, 0.3) is 0 Å². The van der Waals surface area contributed by atoms with Crippen molar-refractivity contribution in [3.05, 3.63) is 16.8 Å². The normalized spacial score (nSPS) is 22.2. The lowest BCUT2D eigenvalue weighted by Crippen LogP contribution is -2.39. The Morgan fingerprint density at radius 1 is 1.32 bits per heavy atom. The monoisotopic (exact) mass is 549 g/mol. The van der Waals surface area contributed by atoms with Crippen molar-refractivity contribution < 1.29 is 42.0 Å². The average molecular weight is 550 g/mol. The standard InChI is InChI=1S/C19H31N7O6.H2O4S/c1-4-30-11(2)24-31-8-6-5-7-25(3)9-12-14(27)15(28)18(32-12)26-17-13(23-19(26)29)16(20)21-10-22-17;1-5(2,3)4/h10,12,14-15,18,27-28H,4-9H2,1-3H3,(H,23,29)(H2,20,21,22);(H2,1,2,3,4)/p-2/b24-11-;/t12-,14-,15-,18-;/m1./s1. The lowest BCUT2D eigenvalue weighted by atomic mass is 10.1. The second-order valence-electron chi connectivity index (χ2n) is 8.06. The quantitative estimate of drug-likeness (QED) is 0.0629. The lowest BCUT2D eigenvalue weighted by molar-refractivity contribution is -0.0438. The maximum absolute atomic E-state index is 12.4. The molecule has 3 rings (SSSR count).